The van der Waals surface area contributed by atoms with Crippen molar-refractivity contribution < 1.29 is 0 Å². The third-order valence-electron chi connectivity index (χ3n) is 3.16. The molecule has 2 aromatic rings. The summed E-state index contributed by atoms with van der Waals surface area (Å²) in [4.78, 5) is 0. The van der Waals surface area contributed by atoms with Crippen LogP contribution in [0.25, 0.3) is 0 Å². The fourth-order valence-corrected chi connectivity index (χ4v) is 2.07. The molecule has 1 atom stereocenters. The van der Waals surface area contributed by atoms with E-state index in [0.29, 0.717) is 0 Å². The Kier molecular flexibility index (Phi) is 5.44. The van der Waals surface area contributed by atoms with Gasteiger partial charge in [0.05, 0.1) is 12.0 Å². The normalized spacial score (nSPS) is 10.9. The average Bonchev–Trinajstić information content (AvgIpc) is 2.53. The van der Waals surface area contributed by atoms with Crippen LogP contribution in [0, 0.1) is 23.2 Å². The molecule has 0 aliphatic carbocycles. The number of nitrogens with zero attached hydrogens (tertiary/aromatic N) is 1. The first-order chi connectivity index (χ1) is 9.90. The summed E-state index contributed by atoms with van der Waals surface area (Å²) in [5.41, 5.74) is 2.15. The van der Waals surface area contributed by atoms with Gasteiger partial charge in [-0.2, -0.15) is 5.26 Å². The quantitative estimate of drug-likeness (QED) is 0.585. The van der Waals surface area contributed by atoms with Gasteiger partial charge < -0.3 is 0 Å². The zero-order valence-corrected chi connectivity index (χ0v) is 11.4. The van der Waals surface area contributed by atoms with Gasteiger partial charge in [-0.25, -0.2) is 0 Å². The minimum absolute atomic E-state index is 0.0188. The number of rotatable bonds is 4. The van der Waals surface area contributed by atoms with Crippen molar-refractivity contribution in [1.82, 2.24) is 0 Å². The molecule has 0 spiro atoms. The van der Waals surface area contributed by atoms with Gasteiger partial charge in [-0.1, -0.05) is 60.4 Å². The van der Waals surface area contributed by atoms with Crippen LogP contribution in [0.3, 0.4) is 0 Å². The van der Waals surface area contributed by atoms with Crippen molar-refractivity contribution in [2.24, 2.45) is 0 Å². The van der Waals surface area contributed by atoms with E-state index < -0.39 is 0 Å². The molecule has 0 heterocycles. The van der Waals surface area contributed by atoms with Crippen LogP contribution < -0.4 is 0 Å². The molecular formula is C19H17N. The zero-order valence-electron chi connectivity index (χ0n) is 11.4. The van der Waals surface area contributed by atoms with E-state index in [1.54, 1.807) is 0 Å². The largest absolute Gasteiger partial charge is 0.198 e. The highest BCUT2D eigenvalue weighted by molar-refractivity contribution is 5.33. The van der Waals surface area contributed by atoms with Crippen molar-refractivity contribution in [1.29, 1.82) is 5.26 Å². The number of hydrogen-bond donors (Lipinski definition) is 0. The van der Waals surface area contributed by atoms with E-state index in [1.165, 1.54) is 0 Å². The predicted octanol–water partition coefficient (Wildman–Crippen LogP) is 4.52. The highest BCUT2D eigenvalue weighted by Crippen LogP contribution is 2.20. The number of nitriles is 1. The molecule has 0 aromatic heterocycles. The van der Waals surface area contributed by atoms with Crippen LogP contribution in [0.5, 0.6) is 0 Å². The number of unbranched alkanes of at least 4 members (excludes halogenated alkanes) is 1. The molecule has 2 aromatic carbocycles. The predicted molar refractivity (Wildman–Crippen MR) is 82.0 cm³/mol. The minimum Gasteiger partial charge on any atom is -0.198 e. The molecule has 0 aliphatic rings. The molecule has 0 aliphatic heterocycles. The maximum atomic E-state index is 9.23. The van der Waals surface area contributed by atoms with E-state index in [1.807, 2.05) is 60.7 Å². The maximum Gasteiger partial charge on any atom is 0.0713 e. The van der Waals surface area contributed by atoms with E-state index in [0.717, 1.165) is 30.4 Å². The molecule has 0 amide bonds. The van der Waals surface area contributed by atoms with Crippen LogP contribution in [0.4, 0.5) is 0 Å². The Morgan fingerprint density at radius 2 is 1.55 bits per heavy atom. The molecule has 0 saturated carbocycles. The van der Waals surface area contributed by atoms with Gasteiger partial charge in [0.25, 0.3) is 0 Å². The third kappa shape index (κ3) is 4.30. The summed E-state index contributed by atoms with van der Waals surface area (Å²) < 4.78 is 0. The molecular weight excluding hydrogens is 242 g/mol. The first kappa shape index (κ1) is 13.9. The first-order valence-corrected chi connectivity index (χ1v) is 6.88. The van der Waals surface area contributed by atoms with Gasteiger partial charge in [-0.05, 0) is 30.5 Å². The van der Waals surface area contributed by atoms with Gasteiger partial charge >= 0.3 is 0 Å². The van der Waals surface area contributed by atoms with Crippen molar-refractivity contribution in [3.05, 3.63) is 71.8 Å². The zero-order chi connectivity index (χ0) is 14.0. The smallest absolute Gasteiger partial charge is 0.0713 e. The van der Waals surface area contributed by atoms with E-state index in [-0.39, 0.29) is 5.92 Å². The summed E-state index contributed by atoms with van der Waals surface area (Å²) in [7, 11) is 0. The molecule has 20 heavy (non-hydrogen) atoms. The maximum absolute atomic E-state index is 9.23. The lowest BCUT2D eigenvalue weighted by Gasteiger charge is -2.07. The van der Waals surface area contributed by atoms with Gasteiger partial charge in [0.15, 0.2) is 0 Å². The molecule has 0 radical (unpaired) electrons. The first-order valence-electron chi connectivity index (χ1n) is 6.88. The summed E-state index contributed by atoms with van der Waals surface area (Å²) in [5, 5.41) is 9.23. The lowest BCUT2D eigenvalue weighted by molar-refractivity contribution is 0.699. The second-order valence-corrected chi connectivity index (χ2v) is 4.65. The van der Waals surface area contributed by atoms with E-state index >= 15 is 0 Å². The summed E-state index contributed by atoms with van der Waals surface area (Å²) in [5.74, 6) is 6.30. The Balaban J connectivity index is 1.81. The van der Waals surface area contributed by atoms with Crippen molar-refractivity contribution in [3.63, 3.8) is 0 Å². The van der Waals surface area contributed by atoms with Crippen LogP contribution in [-0.4, -0.2) is 0 Å². The highest BCUT2D eigenvalue weighted by Gasteiger charge is 2.08. The van der Waals surface area contributed by atoms with Gasteiger partial charge in [-0.3, -0.25) is 0 Å². The monoisotopic (exact) mass is 259 g/mol. The van der Waals surface area contributed by atoms with Crippen LogP contribution in [0.15, 0.2) is 60.7 Å². The fraction of sp³-hybridized carbons (Fsp3) is 0.211. The van der Waals surface area contributed by atoms with Gasteiger partial charge in [0.1, 0.15) is 0 Å². The Morgan fingerprint density at radius 1 is 0.900 bits per heavy atom. The van der Waals surface area contributed by atoms with E-state index in [2.05, 4.69) is 17.9 Å². The van der Waals surface area contributed by atoms with E-state index in [9.17, 15) is 5.26 Å². The molecule has 1 nitrogen and oxygen atoms in total. The summed E-state index contributed by atoms with van der Waals surface area (Å²) in [6.07, 6.45) is 2.65. The van der Waals surface area contributed by atoms with Crippen molar-refractivity contribution in [3.8, 4) is 17.9 Å². The second kappa shape index (κ2) is 7.82. The van der Waals surface area contributed by atoms with Gasteiger partial charge in [-0.15, -0.1) is 0 Å². The van der Waals surface area contributed by atoms with Crippen LogP contribution in [-0.2, 0) is 0 Å². The molecule has 0 N–H and O–H groups in total. The van der Waals surface area contributed by atoms with Crippen LogP contribution in [0.1, 0.15) is 36.3 Å². The Hall–Kier alpha value is -2.51. The SMILES string of the molecule is N#CC(CCCC#Cc1ccccc1)c1ccccc1. The summed E-state index contributed by atoms with van der Waals surface area (Å²) in [6.45, 7) is 0. The van der Waals surface area contributed by atoms with Crippen molar-refractivity contribution in [2.75, 3.05) is 0 Å². The molecule has 0 saturated heterocycles. The average molecular weight is 259 g/mol. The summed E-state index contributed by atoms with van der Waals surface area (Å²) in [6, 6.07) is 22.3. The Bertz CT molecular complexity index is 612. The third-order valence-corrected chi connectivity index (χ3v) is 3.16. The molecule has 1 unspecified atom stereocenters. The molecule has 0 fully saturated rings. The fourth-order valence-electron chi connectivity index (χ4n) is 2.07. The number of hydrogen-bond acceptors (Lipinski definition) is 1. The van der Waals surface area contributed by atoms with Crippen LogP contribution >= 0.6 is 0 Å². The lowest BCUT2D eigenvalue weighted by Crippen LogP contribution is -1.95. The Morgan fingerprint density at radius 3 is 2.20 bits per heavy atom. The summed E-state index contributed by atoms with van der Waals surface area (Å²) >= 11 is 0. The van der Waals surface area contributed by atoms with Crippen LogP contribution in [0.2, 0.25) is 0 Å². The minimum atomic E-state index is -0.0188. The lowest BCUT2D eigenvalue weighted by atomic mass is 9.95. The van der Waals surface area contributed by atoms with E-state index in [4.69, 9.17) is 0 Å². The number of benzene rings is 2. The Labute approximate surface area is 120 Å². The second-order valence-electron chi connectivity index (χ2n) is 4.65. The van der Waals surface area contributed by atoms with Crippen molar-refractivity contribution in [2.45, 2.75) is 25.2 Å². The van der Waals surface area contributed by atoms with Gasteiger partial charge in [0.2, 0.25) is 0 Å². The van der Waals surface area contributed by atoms with Crippen molar-refractivity contribution >= 4 is 0 Å². The molecule has 2 rings (SSSR count). The topological polar surface area (TPSA) is 23.8 Å². The highest BCUT2D eigenvalue weighted by atomic mass is 14.3. The van der Waals surface area contributed by atoms with Gasteiger partial charge in [0, 0.05) is 12.0 Å². The standard InChI is InChI=1S/C19H17N/c20-16-19(18-13-7-3-8-14-18)15-9-2-6-12-17-10-4-1-5-11-17/h1,3-5,7-8,10-11,13-14,19H,2,9,15H2. The molecule has 98 valence electrons. The molecule has 0 bridgehead atoms. The molecule has 1 heteroatoms.